The van der Waals surface area contributed by atoms with Crippen LogP contribution in [0.3, 0.4) is 0 Å². The Bertz CT molecular complexity index is 1870. The maximum absolute atomic E-state index is 12.7. The number of unbranched alkanes of at least 4 members (excludes halogenated alkanes) is 1. The third kappa shape index (κ3) is 19.1. The molecule has 0 saturated carbocycles. The molecule has 1 unspecified atom stereocenters. The van der Waals surface area contributed by atoms with Gasteiger partial charge in [0.1, 0.15) is 11.9 Å². The van der Waals surface area contributed by atoms with Crippen molar-refractivity contribution in [3.63, 3.8) is 0 Å². The first kappa shape index (κ1) is 47.0. The second-order valence-electron chi connectivity index (χ2n) is 14.0. The Hall–Kier alpha value is -6.38. The number of nitrogens with one attached hydrogen (secondary N) is 6. The van der Waals surface area contributed by atoms with E-state index in [2.05, 4.69) is 75.3 Å². The summed E-state index contributed by atoms with van der Waals surface area (Å²) in [6, 6.07) is 24.3. The van der Waals surface area contributed by atoms with E-state index in [-0.39, 0.29) is 43.7 Å². The van der Waals surface area contributed by atoms with E-state index in [1.54, 1.807) is 42.5 Å². The first-order valence-corrected chi connectivity index (χ1v) is 19.8. The van der Waals surface area contributed by atoms with Crippen LogP contribution in [0.15, 0.2) is 115 Å². The largest absolute Gasteiger partial charge is 0.384 e. The van der Waals surface area contributed by atoms with Crippen molar-refractivity contribution in [1.29, 1.82) is 5.41 Å². The predicted octanol–water partition coefficient (Wildman–Crippen LogP) is 3.71. The van der Waals surface area contributed by atoms with Gasteiger partial charge in [-0.15, -0.1) is 0 Å². The van der Waals surface area contributed by atoms with Crippen molar-refractivity contribution in [2.75, 3.05) is 63.0 Å². The van der Waals surface area contributed by atoms with E-state index >= 15 is 0 Å². The molecule has 14 nitrogen and oxygen atoms in total. The highest BCUT2D eigenvalue weighted by Crippen LogP contribution is 2.13. The molecule has 314 valence electrons. The summed E-state index contributed by atoms with van der Waals surface area (Å²) in [4.78, 5) is 65.2. The molecule has 3 aromatic carbocycles. The second kappa shape index (κ2) is 26.5. The molecule has 1 saturated heterocycles. The number of hydrogen-bond donors (Lipinski definition) is 7. The van der Waals surface area contributed by atoms with Gasteiger partial charge in [-0.1, -0.05) is 104 Å². The number of benzene rings is 3. The fourth-order valence-corrected chi connectivity index (χ4v) is 5.88. The highest BCUT2D eigenvalue weighted by atomic mass is 16.2. The molecule has 1 atom stereocenters. The number of nitrogens with two attached hydrogens (primary N) is 1. The number of allylic oxidation sites excluding steroid dienone is 2. The Labute approximate surface area is 347 Å². The molecule has 8 N–H and O–H groups in total. The van der Waals surface area contributed by atoms with Gasteiger partial charge in [-0.2, -0.15) is 0 Å². The third-order valence-electron chi connectivity index (χ3n) is 9.24. The number of nitrogens with zero attached hydrogens (tertiary/aromatic N) is 2. The number of piperazine rings is 1. The first-order valence-electron chi connectivity index (χ1n) is 19.8. The highest BCUT2D eigenvalue weighted by molar-refractivity contribution is 5.97. The molecule has 3 aromatic rings. The number of carbonyl (C=O) groups is 5. The van der Waals surface area contributed by atoms with Crippen LogP contribution in [0.25, 0.3) is 0 Å². The quantitative estimate of drug-likeness (QED) is 0.0366. The lowest BCUT2D eigenvalue weighted by molar-refractivity contribution is -0.128. The molecule has 14 heteroatoms. The molecule has 0 radical (unpaired) electrons. The summed E-state index contributed by atoms with van der Waals surface area (Å²) < 4.78 is 0. The molecule has 5 amide bonds. The number of aryl methyl sites for hydroxylation is 2. The van der Waals surface area contributed by atoms with E-state index in [0.717, 1.165) is 16.8 Å². The summed E-state index contributed by atoms with van der Waals surface area (Å²) in [5.74, 6) is -1.31. The van der Waals surface area contributed by atoms with Gasteiger partial charge in [0, 0.05) is 56.1 Å². The van der Waals surface area contributed by atoms with Gasteiger partial charge >= 0.3 is 0 Å². The zero-order valence-corrected chi connectivity index (χ0v) is 34.2. The lowest BCUT2D eigenvalue weighted by atomic mass is 10.0. The summed E-state index contributed by atoms with van der Waals surface area (Å²) >= 11 is 0. The maximum Gasteiger partial charge on any atom is 0.243 e. The Morgan fingerprint density at radius 3 is 1.92 bits per heavy atom. The molecule has 4 rings (SSSR count). The van der Waals surface area contributed by atoms with E-state index in [1.165, 1.54) is 30.9 Å². The van der Waals surface area contributed by atoms with Crippen molar-refractivity contribution in [1.82, 2.24) is 25.8 Å². The second-order valence-corrected chi connectivity index (χ2v) is 14.0. The minimum absolute atomic E-state index is 0.0699. The van der Waals surface area contributed by atoms with Crippen molar-refractivity contribution in [2.24, 2.45) is 5.73 Å². The standard InChI is InChI=1S/C35H45N9O5.C10H14/c1-3-27(34(36)37)6-4-5-15-38-31(46)21-39-35(49)30(40-24-45)20-26-9-13-29(14-10-26)42-33(48)23-44-18-16-43(17-19-44)22-32(47)41-28-11-7-25(2)8-12-28;1-2-3-7-10-8-5-4-6-9-10/h3-14,24,30H,1,15-23H2,2H3,(H3,36,37)(H,38,46)(H,39,49)(H,40,45)(H,41,47)(H,42,48);4-6,8-9H,2-3,7H2,1H3/b5-4+,27-6+;. The SMILES string of the molecule is C=C/C(=C\C=C\CNC(=O)CNC(=O)C(Cc1ccc(NC(=O)CN2CCN(CC(=O)Nc3ccc(C)cc3)CC2)cc1)NC=O)C(=N)N.CCCCc1ccccc1. The van der Waals surface area contributed by atoms with Gasteiger partial charge in [-0.25, -0.2) is 0 Å². The van der Waals surface area contributed by atoms with Crippen molar-refractivity contribution >= 4 is 47.2 Å². The minimum atomic E-state index is -0.910. The molecule has 0 aliphatic carbocycles. The van der Waals surface area contributed by atoms with Gasteiger partial charge in [0.15, 0.2) is 0 Å². The van der Waals surface area contributed by atoms with Crippen LogP contribution >= 0.6 is 0 Å². The topological polar surface area (TPSA) is 202 Å². The van der Waals surface area contributed by atoms with Crippen LogP contribution in [0.4, 0.5) is 11.4 Å². The van der Waals surface area contributed by atoms with Gasteiger partial charge in [0.25, 0.3) is 0 Å². The van der Waals surface area contributed by atoms with Crippen LogP contribution < -0.4 is 32.3 Å². The predicted molar refractivity (Wildman–Crippen MR) is 235 cm³/mol. The summed E-state index contributed by atoms with van der Waals surface area (Å²) in [5, 5.41) is 20.8. The number of hydrogen-bond acceptors (Lipinski definition) is 8. The fourth-order valence-electron chi connectivity index (χ4n) is 5.88. The molecule has 1 aliphatic heterocycles. The molecule has 1 aliphatic rings. The number of rotatable bonds is 21. The Morgan fingerprint density at radius 2 is 1.39 bits per heavy atom. The van der Waals surface area contributed by atoms with Crippen LogP contribution in [0, 0.1) is 12.3 Å². The van der Waals surface area contributed by atoms with Gasteiger partial charge in [0.2, 0.25) is 30.0 Å². The van der Waals surface area contributed by atoms with E-state index in [4.69, 9.17) is 11.1 Å². The molecule has 1 heterocycles. The zero-order chi connectivity index (χ0) is 42.8. The van der Waals surface area contributed by atoms with E-state index in [9.17, 15) is 24.0 Å². The third-order valence-corrected chi connectivity index (χ3v) is 9.24. The van der Waals surface area contributed by atoms with Gasteiger partial charge < -0.3 is 32.3 Å². The summed E-state index contributed by atoms with van der Waals surface area (Å²) in [6.07, 6.45) is 10.7. The van der Waals surface area contributed by atoms with Crippen LogP contribution in [0.5, 0.6) is 0 Å². The minimum Gasteiger partial charge on any atom is -0.384 e. The van der Waals surface area contributed by atoms with Crippen molar-refractivity contribution in [2.45, 2.75) is 45.6 Å². The van der Waals surface area contributed by atoms with Crippen molar-refractivity contribution < 1.29 is 24.0 Å². The summed E-state index contributed by atoms with van der Waals surface area (Å²) in [5.41, 5.74) is 10.5. The Kier molecular flexibility index (Phi) is 21.1. The molecule has 0 spiro atoms. The van der Waals surface area contributed by atoms with E-state index in [1.807, 2.05) is 36.1 Å². The van der Waals surface area contributed by atoms with E-state index < -0.39 is 17.9 Å². The normalized spacial score (nSPS) is 13.6. The van der Waals surface area contributed by atoms with Gasteiger partial charge in [-0.05, 0) is 55.2 Å². The zero-order valence-electron chi connectivity index (χ0n) is 34.2. The van der Waals surface area contributed by atoms with Crippen LogP contribution in [-0.2, 0) is 36.8 Å². The van der Waals surface area contributed by atoms with Crippen LogP contribution in [0.1, 0.15) is 36.5 Å². The smallest absolute Gasteiger partial charge is 0.243 e. The molecule has 59 heavy (non-hydrogen) atoms. The summed E-state index contributed by atoms with van der Waals surface area (Å²) in [6.45, 7) is 10.9. The van der Waals surface area contributed by atoms with Crippen molar-refractivity contribution in [3.05, 3.63) is 132 Å². The van der Waals surface area contributed by atoms with Gasteiger partial charge in [-0.3, -0.25) is 39.2 Å². The number of amidine groups is 1. The molecule has 0 aromatic heterocycles. The summed E-state index contributed by atoms with van der Waals surface area (Å²) in [7, 11) is 0. The monoisotopic (exact) mass is 805 g/mol. The number of carbonyl (C=O) groups excluding carboxylic acids is 5. The van der Waals surface area contributed by atoms with Crippen molar-refractivity contribution in [3.8, 4) is 0 Å². The Balaban J connectivity index is 0.000000809. The molecular weight excluding hydrogens is 747 g/mol. The first-order chi connectivity index (χ1) is 28.5. The molecule has 0 bridgehead atoms. The maximum atomic E-state index is 12.7. The van der Waals surface area contributed by atoms with Crippen LogP contribution in [-0.4, -0.2) is 104 Å². The average Bonchev–Trinajstić information content (AvgIpc) is 3.23. The molecule has 1 fully saturated rings. The lowest BCUT2D eigenvalue weighted by Crippen LogP contribution is -2.50. The van der Waals surface area contributed by atoms with E-state index in [0.29, 0.717) is 50.4 Å². The fraction of sp³-hybridized carbons (Fsp3) is 0.333. The average molecular weight is 806 g/mol. The number of anilines is 2. The number of amides is 5. The Morgan fingerprint density at radius 1 is 0.814 bits per heavy atom. The van der Waals surface area contributed by atoms with Crippen LogP contribution in [0.2, 0.25) is 0 Å². The lowest BCUT2D eigenvalue weighted by Gasteiger charge is -2.33. The highest BCUT2D eigenvalue weighted by Gasteiger charge is 2.22. The van der Waals surface area contributed by atoms with Gasteiger partial charge in [0.05, 0.1) is 19.6 Å². The molecular formula is C45H59N9O5.